The Morgan fingerprint density at radius 1 is 1.31 bits per heavy atom. The van der Waals surface area contributed by atoms with E-state index in [4.69, 9.17) is 11.6 Å². The van der Waals surface area contributed by atoms with E-state index >= 15 is 0 Å². The van der Waals surface area contributed by atoms with Gasteiger partial charge in [0.05, 0.1) is 0 Å². The number of halogens is 1. The zero-order chi connectivity index (χ0) is 12.2. The number of sulfone groups is 1. The molecular formula is C12H23ClO2S. The summed E-state index contributed by atoms with van der Waals surface area (Å²) in [4.78, 5) is 0. The highest BCUT2D eigenvalue weighted by molar-refractivity contribution is 7.90. The molecule has 1 aliphatic carbocycles. The third kappa shape index (κ3) is 5.05. The molecule has 0 aromatic carbocycles. The highest BCUT2D eigenvalue weighted by atomic mass is 35.5. The summed E-state index contributed by atoms with van der Waals surface area (Å²) in [5.41, 5.74) is 0. The highest BCUT2D eigenvalue weighted by Crippen LogP contribution is 2.36. The van der Waals surface area contributed by atoms with E-state index in [1.807, 2.05) is 0 Å². The Hall–Kier alpha value is 0.240. The largest absolute Gasteiger partial charge is 0.229 e. The first-order valence-corrected chi connectivity index (χ1v) is 8.74. The van der Waals surface area contributed by atoms with Gasteiger partial charge in [-0.25, -0.2) is 8.42 Å². The molecule has 16 heavy (non-hydrogen) atoms. The minimum atomic E-state index is -2.80. The topological polar surface area (TPSA) is 34.1 Å². The van der Waals surface area contributed by atoms with Crippen molar-refractivity contribution in [3.05, 3.63) is 0 Å². The van der Waals surface area contributed by atoms with Crippen LogP contribution in [0.25, 0.3) is 0 Å². The van der Waals surface area contributed by atoms with E-state index in [-0.39, 0.29) is 5.38 Å². The van der Waals surface area contributed by atoms with Gasteiger partial charge < -0.3 is 0 Å². The minimum absolute atomic E-state index is 0.266. The Labute approximate surface area is 105 Å². The van der Waals surface area contributed by atoms with Crippen molar-refractivity contribution in [1.29, 1.82) is 0 Å². The minimum Gasteiger partial charge on any atom is -0.229 e. The molecule has 1 rings (SSSR count). The standard InChI is InChI=1S/C12H23ClO2S/c1-3-10-6-7-12(13)11(9-10)5-4-8-16(2,14)15/h10-12H,3-9H2,1-2H3. The molecule has 0 amide bonds. The maximum absolute atomic E-state index is 11.0. The fraction of sp³-hybridized carbons (Fsp3) is 1.00. The predicted molar refractivity (Wildman–Crippen MR) is 69.7 cm³/mol. The van der Waals surface area contributed by atoms with E-state index in [2.05, 4.69) is 6.92 Å². The van der Waals surface area contributed by atoms with Crippen LogP contribution in [0.2, 0.25) is 0 Å². The SMILES string of the molecule is CCC1CCC(Cl)C(CCCS(C)(=O)=O)C1. The van der Waals surface area contributed by atoms with Crippen LogP contribution in [-0.2, 0) is 9.84 Å². The molecule has 0 bridgehead atoms. The fourth-order valence-electron chi connectivity index (χ4n) is 2.60. The molecule has 0 aromatic rings. The van der Waals surface area contributed by atoms with E-state index in [0.29, 0.717) is 11.7 Å². The summed E-state index contributed by atoms with van der Waals surface area (Å²) >= 11 is 6.31. The van der Waals surface area contributed by atoms with Crippen molar-refractivity contribution in [3.8, 4) is 0 Å². The Balaban J connectivity index is 2.34. The molecule has 1 aliphatic rings. The summed E-state index contributed by atoms with van der Waals surface area (Å²) in [5.74, 6) is 1.64. The average Bonchev–Trinajstić information content (AvgIpc) is 2.19. The molecule has 96 valence electrons. The summed E-state index contributed by atoms with van der Waals surface area (Å²) < 4.78 is 22.1. The maximum atomic E-state index is 11.0. The third-order valence-corrected chi connectivity index (χ3v) is 5.27. The van der Waals surface area contributed by atoms with Crippen molar-refractivity contribution >= 4 is 21.4 Å². The Bertz CT molecular complexity index is 300. The van der Waals surface area contributed by atoms with E-state index in [1.54, 1.807) is 0 Å². The second-order valence-electron chi connectivity index (χ2n) is 5.14. The Morgan fingerprint density at radius 2 is 2.00 bits per heavy atom. The maximum Gasteiger partial charge on any atom is 0.147 e. The van der Waals surface area contributed by atoms with Crippen LogP contribution in [0.15, 0.2) is 0 Å². The Kier molecular flexibility index (Phi) is 5.58. The van der Waals surface area contributed by atoms with Crippen LogP contribution in [-0.4, -0.2) is 25.8 Å². The summed E-state index contributed by atoms with van der Waals surface area (Å²) in [5, 5.41) is 0.266. The van der Waals surface area contributed by atoms with Gasteiger partial charge in [0.15, 0.2) is 0 Å². The van der Waals surface area contributed by atoms with Crippen LogP contribution in [0.3, 0.4) is 0 Å². The molecule has 0 N–H and O–H groups in total. The van der Waals surface area contributed by atoms with Crippen LogP contribution >= 0.6 is 11.6 Å². The van der Waals surface area contributed by atoms with Gasteiger partial charge in [-0.15, -0.1) is 11.6 Å². The molecule has 3 unspecified atom stereocenters. The second-order valence-corrected chi connectivity index (χ2v) is 7.96. The van der Waals surface area contributed by atoms with Gasteiger partial charge in [-0.1, -0.05) is 13.3 Å². The van der Waals surface area contributed by atoms with Gasteiger partial charge in [-0.3, -0.25) is 0 Å². The fourth-order valence-corrected chi connectivity index (χ4v) is 3.65. The number of hydrogen-bond donors (Lipinski definition) is 0. The molecule has 1 fully saturated rings. The summed E-state index contributed by atoms with van der Waals surface area (Å²) in [6.07, 6.45) is 7.80. The molecule has 0 aromatic heterocycles. The molecule has 4 heteroatoms. The third-order valence-electron chi connectivity index (χ3n) is 3.67. The van der Waals surface area contributed by atoms with Crippen molar-refractivity contribution in [2.45, 2.75) is 50.8 Å². The predicted octanol–water partition coefficient (Wildman–Crippen LogP) is 3.24. The number of hydrogen-bond acceptors (Lipinski definition) is 2. The molecule has 0 saturated heterocycles. The van der Waals surface area contributed by atoms with Crippen molar-refractivity contribution < 1.29 is 8.42 Å². The van der Waals surface area contributed by atoms with E-state index in [9.17, 15) is 8.42 Å². The van der Waals surface area contributed by atoms with Crippen LogP contribution in [0, 0.1) is 11.8 Å². The second kappa shape index (κ2) is 6.25. The highest BCUT2D eigenvalue weighted by Gasteiger charge is 2.27. The zero-order valence-electron chi connectivity index (χ0n) is 10.3. The zero-order valence-corrected chi connectivity index (χ0v) is 11.9. The lowest BCUT2D eigenvalue weighted by Crippen LogP contribution is -2.25. The van der Waals surface area contributed by atoms with Gasteiger partial charge >= 0.3 is 0 Å². The van der Waals surface area contributed by atoms with Crippen LogP contribution < -0.4 is 0 Å². The van der Waals surface area contributed by atoms with Crippen molar-refractivity contribution in [3.63, 3.8) is 0 Å². The van der Waals surface area contributed by atoms with E-state index in [0.717, 1.165) is 25.2 Å². The molecule has 0 radical (unpaired) electrons. The summed E-state index contributed by atoms with van der Waals surface area (Å²) in [6.45, 7) is 2.23. The first-order chi connectivity index (χ1) is 7.42. The van der Waals surface area contributed by atoms with Gasteiger partial charge in [0, 0.05) is 17.4 Å². The van der Waals surface area contributed by atoms with Gasteiger partial charge in [0.2, 0.25) is 0 Å². The summed E-state index contributed by atoms with van der Waals surface area (Å²) in [7, 11) is -2.80. The monoisotopic (exact) mass is 266 g/mol. The first-order valence-electron chi connectivity index (χ1n) is 6.24. The van der Waals surface area contributed by atoms with Crippen LogP contribution in [0.1, 0.15) is 45.4 Å². The lowest BCUT2D eigenvalue weighted by molar-refractivity contribution is 0.254. The number of rotatable bonds is 5. The van der Waals surface area contributed by atoms with Gasteiger partial charge in [-0.2, -0.15) is 0 Å². The first kappa shape index (κ1) is 14.3. The average molecular weight is 267 g/mol. The van der Waals surface area contributed by atoms with Crippen molar-refractivity contribution in [2.24, 2.45) is 11.8 Å². The lowest BCUT2D eigenvalue weighted by Gasteiger charge is -2.32. The molecule has 0 heterocycles. The molecule has 2 nitrogen and oxygen atoms in total. The molecule has 0 aliphatic heterocycles. The van der Waals surface area contributed by atoms with Gasteiger partial charge in [0.1, 0.15) is 9.84 Å². The van der Waals surface area contributed by atoms with E-state index < -0.39 is 9.84 Å². The van der Waals surface area contributed by atoms with E-state index in [1.165, 1.54) is 25.5 Å². The summed E-state index contributed by atoms with van der Waals surface area (Å²) in [6, 6.07) is 0. The molecule has 1 saturated carbocycles. The lowest BCUT2D eigenvalue weighted by atomic mass is 9.78. The molecular weight excluding hydrogens is 244 g/mol. The number of alkyl halides is 1. The van der Waals surface area contributed by atoms with Crippen molar-refractivity contribution in [1.82, 2.24) is 0 Å². The normalized spacial score (nSPS) is 31.6. The Morgan fingerprint density at radius 3 is 2.56 bits per heavy atom. The van der Waals surface area contributed by atoms with Crippen LogP contribution in [0.5, 0.6) is 0 Å². The molecule has 3 atom stereocenters. The van der Waals surface area contributed by atoms with Gasteiger partial charge in [0.25, 0.3) is 0 Å². The smallest absolute Gasteiger partial charge is 0.147 e. The van der Waals surface area contributed by atoms with Crippen LogP contribution in [0.4, 0.5) is 0 Å². The van der Waals surface area contributed by atoms with Gasteiger partial charge in [-0.05, 0) is 43.9 Å². The quantitative estimate of drug-likeness (QED) is 0.716. The molecule has 0 spiro atoms. The van der Waals surface area contributed by atoms with Crippen molar-refractivity contribution in [2.75, 3.05) is 12.0 Å².